The van der Waals surface area contributed by atoms with Crippen LogP contribution in [0.1, 0.15) is 32.4 Å². The molecule has 0 radical (unpaired) electrons. The Kier molecular flexibility index (Phi) is 3.98. The number of rotatable bonds is 2. The Labute approximate surface area is 136 Å². The smallest absolute Gasteiger partial charge is 0.322 e. The number of nitrogens with one attached hydrogen (secondary N) is 1. The fraction of sp³-hybridized carbons (Fsp3) is 0.444. The van der Waals surface area contributed by atoms with Crippen LogP contribution >= 0.6 is 0 Å². The van der Waals surface area contributed by atoms with Crippen molar-refractivity contribution in [2.45, 2.75) is 45.3 Å². The van der Waals surface area contributed by atoms with Crippen LogP contribution in [0.15, 0.2) is 30.3 Å². The maximum Gasteiger partial charge on any atom is 0.322 e. The Morgan fingerprint density at radius 3 is 2.87 bits per heavy atom. The van der Waals surface area contributed by atoms with Gasteiger partial charge in [-0.05, 0) is 45.7 Å². The van der Waals surface area contributed by atoms with Crippen LogP contribution in [-0.2, 0) is 0 Å². The number of amides is 2. The van der Waals surface area contributed by atoms with Gasteiger partial charge in [-0.2, -0.15) is 0 Å². The summed E-state index contributed by atoms with van der Waals surface area (Å²) in [6.07, 6.45) is 1.73. The minimum Gasteiger partial charge on any atom is -0.388 e. The largest absolute Gasteiger partial charge is 0.388 e. The number of hydrogen-bond acceptors (Lipinski definition) is 3. The van der Waals surface area contributed by atoms with Gasteiger partial charge < -0.3 is 15.3 Å². The Morgan fingerprint density at radius 1 is 1.35 bits per heavy atom. The number of fused-ring (bicyclic) bond motifs is 1. The number of para-hydroxylation sites is 1. The van der Waals surface area contributed by atoms with E-state index < -0.39 is 5.60 Å². The summed E-state index contributed by atoms with van der Waals surface area (Å²) < 4.78 is 0. The minimum atomic E-state index is -0.901. The van der Waals surface area contributed by atoms with Crippen molar-refractivity contribution in [3.05, 3.63) is 36.0 Å². The van der Waals surface area contributed by atoms with E-state index in [1.165, 1.54) is 0 Å². The fourth-order valence-corrected chi connectivity index (χ4v) is 3.28. The molecule has 2 N–H and O–H groups in total. The molecule has 2 heterocycles. The summed E-state index contributed by atoms with van der Waals surface area (Å²) in [5, 5.41) is 14.2. The van der Waals surface area contributed by atoms with Gasteiger partial charge in [0.2, 0.25) is 0 Å². The number of carbonyl (C=O) groups excluding carboxylic acids is 1. The Bertz CT molecular complexity index is 737. The zero-order valence-electron chi connectivity index (χ0n) is 13.8. The van der Waals surface area contributed by atoms with E-state index in [2.05, 4.69) is 10.3 Å². The molecule has 1 saturated heterocycles. The molecule has 3 rings (SSSR count). The SMILES string of the molecule is Cc1ccc2cccc(NC(=O)N3CCCC3C(C)(C)O)c2n1. The number of anilines is 1. The second kappa shape index (κ2) is 5.81. The van der Waals surface area contributed by atoms with Gasteiger partial charge in [-0.3, -0.25) is 4.98 Å². The van der Waals surface area contributed by atoms with Crippen LogP contribution in [0.2, 0.25) is 0 Å². The summed E-state index contributed by atoms with van der Waals surface area (Å²) >= 11 is 0. The molecule has 122 valence electrons. The number of nitrogens with zero attached hydrogens (tertiary/aromatic N) is 2. The number of aromatic nitrogens is 1. The van der Waals surface area contributed by atoms with E-state index in [1.54, 1.807) is 18.7 Å². The topological polar surface area (TPSA) is 65.5 Å². The summed E-state index contributed by atoms with van der Waals surface area (Å²) in [4.78, 5) is 18.9. The lowest BCUT2D eigenvalue weighted by Crippen LogP contribution is -2.49. The van der Waals surface area contributed by atoms with Crippen LogP contribution in [0.3, 0.4) is 0 Å². The van der Waals surface area contributed by atoms with Gasteiger partial charge in [0.05, 0.1) is 22.8 Å². The monoisotopic (exact) mass is 313 g/mol. The number of aryl methyl sites for hydroxylation is 1. The molecular formula is C18H23N3O2. The normalized spacial score (nSPS) is 18.4. The van der Waals surface area contributed by atoms with E-state index in [4.69, 9.17) is 0 Å². The molecule has 0 spiro atoms. The fourth-order valence-electron chi connectivity index (χ4n) is 3.28. The van der Waals surface area contributed by atoms with Crippen molar-refractivity contribution in [3.63, 3.8) is 0 Å². The highest BCUT2D eigenvalue weighted by atomic mass is 16.3. The van der Waals surface area contributed by atoms with Gasteiger partial charge in [0.1, 0.15) is 0 Å². The first-order valence-corrected chi connectivity index (χ1v) is 8.02. The van der Waals surface area contributed by atoms with Gasteiger partial charge in [-0.15, -0.1) is 0 Å². The highest BCUT2D eigenvalue weighted by Crippen LogP contribution is 2.28. The molecule has 1 aromatic carbocycles. The molecule has 0 bridgehead atoms. The summed E-state index contributed by atoms with van der Waals surface area (Å²) in [6, 6.07) is 9.38. The maximum absolute atomic E-state index is 12.7. The molecule has 23 heavy (non-hydrogen) atoms. The van der Waals surface area contributed by atoms with Crippen LogP contribution in [0.5, 0.6) is 0 Å². The Hall–Kier alpha value is -2.14. The molecule has 0 aliphatic carbocycles. The summed E-state index contributed by atoms with van der Waals surface area (Å²) in [5.41, 5.74) is 1.51. The second-order valence-electron chi connectivity index (χ2n) is 6.77. The van der Waals surface area contributed by atoms with E-state index in [-0.39, 0.29) is 12.1 Å². The molecule has 1 aromatic heterocycles. The van der Waals surface area contributed by atoms with Gasteiger partial charge in [0, 0.05) is 17.6 Å². The predicted molar refractivity (Wildman–Crippen MR) is 91.5 cm³/mol. The molecule has 1 atom stereocenters. The molecule has 2 amide bonds. The zero-order chi connectivity index (χ0) is 16.6. The van der Waals surface area contributed by atoms with E-state index in [9.17, 15) is 9.90 Å². The number of carbonyl (C=O) groups is 1. The first kappa shape index (κ1) is 15.7. The summed E-state index contributed by atoms with van der Waals surface area (Å²) in [6.45, 7) is 6.11. The molecule has 1 aliphatic heterocycles. The van der Waals surface area contributed by atoms with Gasteiger partial charge in [0.25, 0.3) is 0 Å². The van der Waals surface area contributed by atoms with Crippen molar-refractivity contribution < 1.29 is 9.90 Å². The minimum absolute atomic E-state index is 0.160. The first-order valence-electron chi connectivity index (χ1n) is 8.02. The average Bonchev–Trinajstić information content (AvgIpc) is 2.97. The molecule has 1 fully saturated rings. The van der Waals surface area contributed by atoms with Crippen molar-refractivity contribution in [2.24, 2.45) is 0 Å². The van der Waals surface area contributed by atoms with Crippen molar-refractivity contribution in [1.29, 1.82) is 0 Å². The third-order valence-electron chi connectivity index (χ3n) is 4.43. The Morgan fingerprint density at radius 2 is 2.13 bits per heavy atom. The van der Waals surface area contributed by atoms with Crippen molar-refractivity contribution >= 4 is 22.6 Å². The Balaban J connectivity index is 1.87. The molecule has 1 aliphatic rings. The summed E-state index contributed by atoms with van der Waals surface area (Å²) in [5.74, 6) is 0. The highest BCUT2D eigenvalue weighted by Gasteiger charge is 2.38. The third-order valence-corrected chi connectivity index (χ3v) is 4.43. The number of benzene rings is 1. The van der Waals surface area contributed by atoms with Gasteiger partial charge in [0.15, 0.2) is 0 Å². The van der Waals surface area contributed by atoms with E-state index >= 15 is 0 Å². The van der Waals surface area contributed by atoms with Crippen LogP contribution in [0.4, 0.5) is 10.5 Å². The van der Waals surface area contributed by atoms with E-state index in [1.807, 2.05) is 37.3 Å². The predicted octanol–water partition coefficient (Wildman–Crippen LogP) is 3.31. The van der Waals surface area contributed by atoms with E-state index in [0.29, 0.717) is 12.2 Å². The average molecular weight is 313 g/mol. The third kappa shape index (κ3) is 3.15. The van der Waals surface area contributed by atoms with Gasteiger partial charge >= 0.3 is 6.03 Å². The molecule has 1 unspecified atom stereocenters. The second-order valence-corrected chi connectivity index (χ2v) is 6.77. The molecule has 5 heteroatoms. The van der Waals surface area contributed by atoms with Gasteiger partial charge in [-0.25, -0.2) is 4.79 Å². The van der Waals surface area contributed by atoms with Crippen LogP contribution in [0.25, 0.3) is 10.9 Å². The van der Waals surface area contributed by atoms with Crippen LogP contribution in [-0.4, -0.2) is 39.2 Å². The molecule has 5 nitrogen and oxygen atoms in total. The lowest BCUT2D eigenvalue weighted by atomic mass is 9.97. The standard InChI is InChI=1S/C18H23N3O2/c1-12-9-10-13-6-4-7-14(16(13)19-12)20-17(22)21-11-5-8-15(21)18(2,3)23/h4,6-7,9-10,15,23H,5,8,11H2,1-3H3,(H,20,22). The molecular weight excluding hydrogens is 290 g/mol. The van der Waals surface area contributed by atoms with Crippen molar-refractivity contribution in [3.8, 4) is 0 Å². The summed E-state index contributed by atoms with van der Waals surface area (Å²) in [7, 11) is 0. The first-order chi connectivity index (χ1) is 10.9. The molecule has 0 saturated carbocycles. The number of likely N-dealkylation sites (tertiary alicyclic amines) is 1. The van der Waals surface area contributed by atoms with Crippen LogP contribution < -0.4 is 5.32 Å². The lowest BCUT2D eigenvalue weighted by molar-refractivity contribution is 0.0117. The zero-order valence-corrected chi connectivity index (χ0v) is 13.8. The van der Waals surface area contributed by atoms with Crippen molar-refractivity contribution in [1.82, 2.24) is 9.88 Å². The lowest BCUT2D eigenvalue weighted by Gasteiger charge is -2.33. The van der Waals surface area contributed by atoms with Gasteiger partial charge in [-0.1, -0.05) is 18.2 Å². The highest BCUT2D eigenvalue weighted by molar-refractivity contribution is 5.99. The molecule has 2 aromatic rings. The number of urea groups is 1. The number of pyridine rings is 1. The quantitative estimate of drug-likeness (QED) is 0.894. The number of hydrogen-bond donors (Lipinski definition) is 2. The van der Waals surface area contributed by atoms with Crippen LogP contribution in [0, 0.1) is 6.92 Å². The van der Waals surface area contributed by atoms with Crippen molar-refractivity contribution in [2.75, 3.05) is 11.9 Å². The maximum atomic E-state index is 12.7. The number of aliphatic hydroxyl groups is 1. The van der Waals surface area contributed by atoms with E-state index in [0.717, 1.165) is 29.4 Å².